The van der Waals surface area contributed by atoms with E-state index in [1.165, 1.54) is 37.9 Å². The van der Waals surface area contributed by atoms with Gasteiger partial charge in [0.2, 0.25) is 0 Å². The highest BCUT2D eigenvalue weighted by Crippen LogP contribution is 2.42. The fourth-order valence-electron chi connectivity index (χ4n) is 4.13. The van der Waals surface area contributed by atoms with Gasteiger partial charge in [-0.15, -0.1) is 11.8 Å². The summed E-state index contributed by atoms with van der Waals surface area (Å²) in [6.07, 6.45) is 3.83. The quantitative estimate of drug-likeness (QED) is 0.660. The summed E-state index contributed by atoms with van der Waals surface area (Å²) in [7, 11) is 1.70. The van der Waals surface area contributed by atoms with Crippen LogP contribution >= 0.6 is 11.8 Å². The average Bonchev–Trinajstić information content (AvgIpc) is 3.05. The fraction of sp³-hybridized carbons (Fsp3) is 0.647. The minimum Gasteiger partial charge on any atom is -1.00 e. The zero-order valence-electron chi connectivity index (χ0n) is 13.1. The number of fused-ring (bicyclic) bond motifs is 1. The van der Waals surface area contributed by atoms with Gasteiger partial charge in [-0.1, -0.05) is 12.1 Å². The second-order valence-electron chi connectivity index (χ2n) is 6.27. The highest BCUT2D eigenvalue weighted by Gasteiger charge is 2.50. The molecule has 5 heteroatoms. The van der Waals surface area contributed by atoms with Crippen molar-refractivity contribution in [2.45, 2.75) is 36.3 Å². The summed E-state index contributed by atoms with van der Waals surface area (Å²) in [5.41, 5.74) is 1.36. The van der Waals surface area contributed by atoms with Crippen LogP contribution in [0.25, 0.3) is 0 Å². The lowest BCUT2D eigenvalue weighted by molar-refractivity contribution is -0.926. The highest BCUT2D eigenvalue weighted by atomic mass is 79.9. The minimum atomic E-state index is -0.160. The Bertz CT molecular complexity index is 472. The number of methoxy groups -OCH3 is 1. The first-order valence-electron chi connectivity index (χ1n) is 7.94. The molecule has 0 amide bonds. The molecule has 22 heavy (non-hydrogen) atoms. The maximum atomic E-state index is 12.9. The zero-order chi connectivity index (χ0) is 14.7. The third-order valence-corrected chi connectivity index (χ3v) is 6.73. The van der Waals surface area contributed by atoms with E-state index in [0.29, 0.717) is 11.3 Å². The molecule has 3 atom stereocenters. The third-order valence-electron chi connectivity index (χ3n) is 5.25. The summed E-state index contributed by atoms with van der Waals surface area (Å²) in [4.78, 5) is 0. The van der Waals surface area contributed by atoms with Gasteiger partial charge in [-0.2, -0.15) is 0 Å². The summed E-state index contributed by atoms with van der Waals surface area (Å²) in [5, 5.41) is 0.709. The Balaban J connectivity index is 0.00000176. The number of alkyl halides is 1. The van der Waals surface area contributed by atoms with E-state index < -0.39 is 0 Å². The van der Waals surface area contributed by atoms with Crippen LogP contribution in [0.4, 0.5) is 4.39 Å². The molecule has 0 saturated carbocycles. The minimum absolute atomic E-state index is 0. The molecule has 1 aromatic rings. The maximum absolute atomic E-state index is 12.9. The maximum Gasteiger partial charge on any atom is 0.138 e. The van der Waals surface area contributed by atoms with Gasteiger partial charge in [-0.25, -0.2) is 4.39 Å². The molecular formula is C17H25BrFNOS. The SMILES string of the molecule is COc1ccc(CSC2CC[N+]3(CCF)CCC[C@@H]23)cc1.[Br-]. The monoisotopic (exact) mass is 389 g/mol. The number of hydrogen-bond donors (Lipinski definition) is 0. The van der Waals surface area contributed by atoms with Crippen LogP contribution < -0.4 is 21.7 Å². The summed E-state index contributed by atoms with van der Waals surface area (Å²) >= 11 is 2.07. The molecule has 2 fully saturated rings. The summed E-state index contributed by atoms with van der Waals surface area (Å²) < 4.78 is 19.2. The van der Waals surface area contributed by atoms with Crippen LogP contribution in [0.2, 0.25) is 0 Å². The molecule has 0 spiro atoms. The smallest absolute Gasteiger partial charge is 0.138 e. The van der Waals surface area contributed by atoms with Crippen molar-refractivity contribution in [1.82, 2.24) is 0 Å². The van der Waals surface area contributed by atoms with Crippen LogP contribution in [-0.4, -0.2) is 49.2 Å². The van der Waals surface area contributed by atoms with Crippen LogP contribution in [0.1, 0.15) is 24.8 Å². The molecule has 3 rings (SSSR count). The van der Waals surface area contributed by atoms with Crippen LogP contribution in [0, 0.1) is 0 Å². The van der Waals surface area contributed by atoms with Crippen molar-refractivity contribution < 1.29 is 30.6 Å². The van der Waals surface area contributed by atoms with Gasteiger partial charge in [-0.05, 0) is 17.7 Å². The lowest BCUT2D eigenvalue weighted by atomic mass is 10.1. The number of rotatable bonds is 6. The van der Waals surface area contributed by atoms with Crippen LogP contribution in [0.15, 0.2) is 24.3 Å². The molecule has 2 heterocycles. The normalized spacial score (nSPS) is 29.9. The van der Waals surface area contributed by atoms with Crippen molar-refractivity contribution in [3.8, 4) is 5.75 Å². The molecule has 0 aliphatic carbocycles. The van der Waals surface area contributed by atoms with E-state index in [0.717, 1.165) is 22.5 Å². The number of nitrogens with zero attached hydrogens (tertiary/aromatic N) is 1. The number of quaternary nitrogens is 1. The predicted molar refractivity (Wildman–Crippen MR) is 86.6 cm³/mol. The van der Waals surface area contributed by atoms with Crippen LogP contribution in [0.3, 0.4) is 0 Å². The standard InChI is InChI=1S/C17H25FNOS.BrH/c1-20-15-6-4-14(5-7-15)13-21-17-8-11-19(12-9-18)10-2-3-16(17)19;/h4-7,16-17H,2-3,8-13H2,1H3;1H/q+1;/p-1/t16-,17?,19?;/m0./s1. The first-order valence-corrected chi connectivity index (χ1v) is 8.98. The van der Waals surface area contributed by atoms with E-state index in [1.807, 2.05) is 12.1 Å². The fourth-order valence-corrected chi connectivity index (χ4v) is 5.61. The Morgan fingerprint density at radius 1 is 1.23 bits per heavy atom. The second kappa shape index (κ2) is 8.02. The molecule has 1 aromatic carbocycles. The van der Waals surface area contributed by atoms with E-state index in [-0.39, 0.29) is 23.7 Å². The summed E-state index contributed by atoms with van der Waals surface area (Å²) in [6, 6.07) is 9.06. The first kappa shape index (κ1) is 18.1. The van der Waals surface area contributed by atoms with Gasteiger partial charge in [0.25, 0.3) is 0 Å². The molecule has 0 aromatic heterocycles. The van der Waals surface area contributed by atoms with Crippen LogP contribution in [-0.2, 0) is 5.75 Å². The first-order chi connectivity index (χ1) is 10.3. The van der Waals surface area contributed by atoms with Gasteiger partial charge in [-0.3, -0.25) is 0 Å². The van der Waals surface area contributed by atoms with E-state index >= 15 is 0 Å². The topological polar surface area (TPSA) is 9.23 Å². The average molecular weight is 390 g/mol. The predicted octanol–water partition coefficient (Wildman–Crippen LogP) is 0.653. The van der Waals surface area contributed by atoms with Crippen LogP contribution in [0.5, 0.6) is 5.75 Å². The molecule has 2 nitrogen and oxygen atoms in total. The molecule has 2 aliphatic rings. The Morgan fingerprint density at radius 2 is 2.00 bits per heavy atom. The number of ether oxygens (including phenoxy) is 1. The van der Waals surface area contributed by atoms with Crippen molar-refractivity contribution in [3.05, 3.63) is 29.8 Å². The Kier molecular flexibility index (Phi) is 6.59. The second-order valence-corrected chi connectivity index (χ2v) is 7.50. The van der Waals surface area contributed by atoms with Gasteiger partial charge in [0, 0.05) is 25.0 Å². The van der Waals surface area contributed by atoms with E-state index in [1.54, 1.807) is 7.11 Å². The Labute approximate surface area is 147 Å². The molecule has 0 N–H and O–H groups in total. The zero-order valence-corrected chi connectivity index (χ0v) is 15.5. The molecule has 124 valence electrons. The number of halogens is 2. The Hall–Kier alpha value is -0.260. The molecular weight excluding hydrogens is 365 g/mol. The number of benzene rings is 1. The van der Waals surface area contributed by atoms with Gasteiger partial charge >= 0.3 is 0 Å². The third kappa shape index (κ3) is 3.62. The highest BCUT2D eigenvalue weighted by molar-refractivity contribution is 7.99. The molecule has 2 unspecified atom stereocenters. The summed E-state index contributed by atoms with van der Waals surface area (Å²) in [5.74, 6) is 1.97. The van der Waals surface area contributed by atoms with Gasteiger partial charge in [0.1, 0.15) is 25.0 Å². The van der Waals surface area contributed by atoms with Gasteiger partial charge in [0.05, 0.1) is 25.4 Å². The lowest BCUT2D eigenvalue weighted by Crippen LogP contribution is -3.00. The van der Waals surface area contributed by atoms with Crippen molar-refractivity contribution in [3.63, 3.8) is 0 Å². The molecule has 0 radical (unpaired) electrons. The lowest BCUT2D eigenvalue weighted by Gasteiger charge is -2.35. The van der Waals surface area contributed by atoms with E-state index in [9.17, 15) is 4.39 Å². The van der Waals surface area contributed by atoms with Crippen molar-refractivity contribution >= 4 is 11.8 Å². The molecule has 2 aliphatic heterocycles. The number of hydrogen-bond acceptors (Lipinski definition) is 2. The van der Waals surface area contributed by atoms with Crippen molar-refractivity contribution in [2.24, 2.45) is 0 Å². The van der Waals surface area contributed by atoms with Crippen molar-refractivity contribution in [1.29, 1.82) is 0 Å². The van der Waals surface area contributed by atoms with E-state index in [4.69, 9.17) is 4.74 Å². The molecule has 0 bridgehead atoms. The number of thioether (sulfide) groups is 1. The van der Waals surface area contributed by atoms with Gasteiger partial charge in [0.15, 0.2) is 0 Å². The Morgan fingerprint density at radius 3 is 2.68 bits per heavy atom. The van der Waals surface area contributed by atoms with E-state index in [2.05, 4.69) is 23.9 Å². The molecule has 2 saturated heterocycles. The van der Waals surface area contributed by atoms with Crippen molar-refractivity contribution in [2.75, 3.05) is 33.4 Å². The van der Waals surface area contributed by atoms with Gasteiger partial charge < -0.3 is 26.2 Å². The largest absolute Gasteiger partial charge is 1.00 e. The summed E-state index contributed by atoms with van der Waals surface area (Å²) in [6.45, 7) is 2.97.